The first-order valence-corrected chi connectivity index (χ1v) is 7.97. The molecule has 2 N–H and O–H groups in total. The number of benzene rings is 1. The maximum atomic E-state index is 12.5. The van der Waals surface area contributed by atoms with E-state index >= 15 is 0 Å². The summed E-state index contributed by atoms with van der Waals surface area (Å²) in [5.74, 6) is -2.91. The predicted octanol–water partition coefficient (Wildman–Crippen LogP) is 3.45. The van der Waals surface area contributed by atoms with Crippen LogP contribution in [-0.2, 0) is 9.59 Å². The average Bonchev–Trinajstić information content (AvgIpc) is 3.26. The summed E-state index contributed by atoms with van der Waals surface area (Å²) >= 11 is 0. The number of hydrogen-bond acceptors (Lipinski definition) is 3. The van der Waals surface area contributed by atoms with Crippen molar-refractivity contribution in [2.45, 2.75) is 50.9 Å². The average molecular weight is 359 g/mol. The third-order valence-corrected chi connectivity index (χ3v) is 4.29. The Bertz CT molecular complexity index is 662. The molecule has 0 saturated heterocycles. The summed E-state index contributed by atoms with van der Waals surface area (Å²) in [7, 11) is 0. The molecule has 1 amide bonds. The Balaban J connectivity index is 2.10. The van der Waals surface area contributed by atoms with Crippen LogP contribution < -0.4 is 10.1 Å². The van der Waals surface area contributed by atoms with Gasteiger partial charge in [-0.1, -0.05) is 31.5 Å². The molecule has 1 aromatic carbocycles. The molecular formula is C17H20F3NO4. The molecule has 1 aromatic rings. The molecule has 1 aliphatic rings. The topological polar surface area (TPSA) is 75.6 Å². The van der Waals surface area contributed by atoms with Crippen molar-refractivity contribution < 1.29 is 32.6 Å². The van der Waals surface area contributed by atoms with Crippen LogP contribution in [0.2, 0.25) is 0 Å². The Morgan fingerprint density at radius 2 is 1.96 bits per heavy atom. The Labute approximate surface area is 143 Å². The van der Waals surface area contributed by atoms with Crippen molar-refractivity contribution in [2.75, 3.05) is 0 Å². The lowest BCUT2D eigenvalue weighted by molar-refractivity contribution is -0.274. The van der Waals surface area contributed by atoms with Gasteiger partial charge >= 0.3 is 12.3 Å². The summed E-state index contributed by atoms with van der Waals surface area (Å²) in [6, 6.07) is 5.69. The van der Waals surface area contributed by atoms with Crippen LogP contribution in [0.15, 0.2) is 24.3 Å². The summed E-state index contributed by atoms with van der Waals surface area (Å²) in [5, 5.41) is 11.8. The van der Waals surface area contributed by atoms with Gasteiger partial charge in [-0.2, -0.15) is 0 Å². The van der Waals surface area contributed by atoms with Crippen LogP contribution in [0.4, 0.5) is 13.2 Å². The quantitative estimate of drug-likeness (QED) is 0.782. The van der Waals surface area contributed by atoms with E-state index in [0.717, 1.165) is 0 Å². The Morgan fingerprint density at radius 1 is 1.32 bits per heavy atom. The van der Waals surface area contributed by atoms with Gasteiger partial charge in [-0.3, -0.25) is 4.79 Å². The second kappa shape index (κ2) is 6.93. The van der Waals surface area contributed by atoms with Crippen LogP contribution in [0, 0.1) is 5.92 Å². The third-order valence-electron chi connectivity index (χ3n) is 4.29. The molecule has 0 heterocycles. The van der Waals surface area contributed by atoms with Gasteiger partial charge in [0.05, 0.1) is 0 Å². The molecular weight excluding hydrogens is 339 g/mol. The number of ether oxygens (including phenoxy) is 1. The standard InChI is InChI=1S/C17H20F3NO4/c1-3-8-16(2,15(23)24)21-14(22)12-9-11(12)10-6-4-5-7-13(10)25-17(18,19)20/h4-7,11-12H,3,8-9H2,1-2H3,(H,21,22)(H,23,24). The van der Waals surface area contributed by atoms with E-state index in [0.29, 0.717) is 18.4 Å². The second-order valence-corrected chi connectivity index (χ2v) is 6.41. The zero-order valence-electron chi connectivity index (χ0n) is 13.9. The molecule has 1 saturated carbocycles. The number of aliphatic carboxylic acids is 1. The minimum Gasteiger partial charge on any atom is -0.480 e. The molecule has 0 aliphatic heterocycles. The summed E-state index contributed by atoms with van der Waals surface area (Å²) in [6.07, 6.45) is -3.63. The molecule has 1 aliphatic carbocycles. The van der Waals surface area contributed by atoms with E-state index in [4.69, 9.17) is 0 Å². The van der Waals surface area contributed by atoms with Gasteiger partial charge in [-0.05, 0) is 37.3 Å². The van der Waals surface area contributed by atoms with Crippen LogP contribution in [0.25, 0.3) is 0 Å². The SMILES string of the molecule is CCCC(C)(NC(=O)C1CC1c1ccccc1OC(F)(F)F)C(=O)O. The van der Waals surface area contributed by atoms with Gasteiger partial charge in [-0.15, -0.1) is 13.2 Å². The van der Waals surface area contributed by atoms with Gasteiger partial charge in [0.15, 0.2) is 0 Å². The fourth-order valence-corrected chi connectivity index (χ4v) is 2.92. The van der Waals surface area contributed by atoms with Crippen LogP contribution in [-0.4, -0.2) is 28.9 Å². The molecule has 2 rings (SSSR count). The van der Waals surface area contributed by atoms with Crippen LogP contribution in [0.1, 0.15) is 44.6 Å². The predicted molar refractivity (Wildman–Crippen MR) is 83.1 cm³/mol. The molecule has 8 heteroatoms. The van der Waals surface area contributed by atoms with Crippen molar-refractivity contribution in [2.24, 2.45) is 5.92 Å². The lowest BCUT2D eigenvalue weighted by Crippen LogP contribution is -2.52. The Kier molecular flexibility index (Phi) is 5.29. The maximum Gasteiger partial charge on any atom is 0.573 e. The third kappa shape index (κ3) is 4.64. The van der Waals surface area contributed by atoms with E-state index in [9.17, 15) is 27.9 Å². The van der Waals surface area contributed by atoms with Gasteiger partial charge in [0.25, 0.3) is 0 Å². The first-order chi connectivity index (χ1) is 11.6. The molecule has 138 valence electrons. The molecule has 3 atom stereocenters. The highest BCUT2D eigenvalue weighted by molar-refractivity contribution is 5.89. The number of carbonyl (C=O) groups is 2. The van der Waals surface area contributed by atoms with E-state index in [2.05, 4.69) is 10.1 Å². The van der Waals surface area contributed by atoms with Crippen molar-refractivity contribution in [1.29, 1.82) is 0 Å². The van der Waals surface area contributed by atoms with Crippen molar-refractivity contribution in [3.05, 3.63) is 29.8 Å². The fraction of sp³-hybridized carbons (Fsp3) is 0.529. The van der Waals surface area contributed by atoms with E-state index in [1.165, 1.54) is 25.1 Å². The molecule has 0 spiro atoms. The first-order valence-electron chi connectivity index (χ1n) is 7.97. The molecule has 5 nitrogen and oxygen atoms in total. The minimum absolute atomic E-state index is 0.263. The van der Waals surface area contributed by atoms with Crippen molar-refractivity contribution in [3.63, 3.8) is 0 Å². The highest BCUT2D eigenvalue weighted by Crippen LogP contribution is 2.51. The Morgan fingerprint density at radius 3 is 2.52 bits per heavy atom. The molecule has 1 fully saturated rings. The van der Waals surface area contributed by atoms with Gasteiger partial charge in [0, 0.05) is 5.92 Å². The van der Waals surface area contributed by atoms with E-state index in [1.54, 1.807) is 13.0 Å². The van der Waals surface area contributed by atoms with Gasteiger partial charge in [0.2, 0.25) is 5.91 Å². The van der Waals surface area contributed by atoms with Gasteiger partial charge in [0.1, 0.15) is 11.3 Å². The summed E-state index contributed by atoms with van der Waals surface area (Å²) in [6.45, 7) is 3.23. The maximum absolute atomic E-state index is 12.5. The van der Waals surface area contributed by atoms with Crippen LogP contribution >= 0.6 is 0 Å². The zero-order valence-corrected chi connectivity index (χ0v) is 13.9. The number of amides is 1. The molecule has 3 unspecified atom stereocenters. The molecule has 0 bridgehead atoms. The zero-order chi connectivity index (χ0) is 18.8. The molecule has 0 aromatic heterocycles. The lowest BCUT2D eigenvalue weighted by atomic mass is 9.95. The number of para-hydroxylation sites is 1. The lowest BCUT2D eigenvalue weighted by Gasteiger charge is -2.26. The van der Waals surface area contributed by atoms with Crippen molar-refractivity contribution in [1.82, 2.24) is 5.32 Å². The number of carboxylic acids is 1. The molecule has 25 heavy (non-hydrogen) atoms. The number of carbonyl (C=O) groups excluding carboxylic acids is 1. The number of rotatable bonds is 7. The van der Waals surface area contributed by atoms with Crippen molar-refractivity contribution in [3.8, 4) is 5.75 Å². The number of halogens is 3. The summed E-state index contributed by atoms with van der Waals surface area (Å²) < 4.78 is 41.5. The van der Waals surface area contributed by atoms with Gasteiger partial charge in [-0.25, -0.2) is 4.79 Å². The van der Waals surface area contributed by atoms with Crippen LogP contribution in [0.3, 0.4) is 0 Å². The number of hydrogen-bond donors (Lipinski definition) is 2. The van der Waals surface area contributed by atoms with E-state index in [1.807, 2.05) is 0 Å². The monoisotopic (exact) mass is 359 g/mol. The molecule has 0 radical (unpaired) electrons. The van der Waals surface area contributed by atoms with E-state index in [-0.39, 0.29) is 12.2 Å². The largest absolute Gasteiger partial charge is 0.573 e. The number of nitrogens with one attached hydrogen (secondary N) is 1. The number of carboxylic acid groups (broad SMARTS) is 1. The van der Waals surface area contributed by atoms with Gasteiger partial charge < -0.3 is 15.2 Å². The normalized spacial score (nSPS) is 22.0. The summed E-state index contributed by atoms with van der Waals surface area (Å²) in [4.78, 5) is 23.7. The van der Waals surface area contributed by atoms with E-state index < -0.39 is 35.6 Å². The van der Waals surface area contributed by atoms with Crippen molar-refractivity contribution >= 4 is 11.9 Å². The van der Waals surface area contributed by atoms with Crippen LogP contribution in [0.5, 0.6) is 5.75 Å². The Hall–Kier alpha value is -2.25. The highest BCUT2D eigenvalue weighted by atomic mass is 19.4. The minimum atomic E-state index is -4.81. The first kappa shape index (κ1) is 19.1. The second-order valence-electron chi connectivity index (χ2n) is 6.41. The summed E-state index contributed by atoms with van der Waals surface area (Å²) in [5.41, 5.74) is -1.09. The fourth-order valence-electron chi connectivity index (χ4n) is 2.92. The highest BCUT2D eigenvalue weighted by Gasteiger charge is 2.48. The number of alkyl halides is 3. The smallest absolute Gasteiger partial charge is 0.480 e.